The predicted molar refractivity (Wildman–Crippen MR) is 64.7 cm³/mol. The zero-order valence-electron chi connectivity index (χ0n) is 8.29. The SMILES string of the molecule is Brc1ccc2c(c1)C=C1CCCOC1N2. The summed E-state index contributed by atoms with van der Waals surface area (Å²) in [4.78, 5) is 0. The molecule has 78 valence electrons. The second-order valence-electron chi connectivity index (χ2n) is 3.95. The van der Waals surface area contributed by atoms with E-state index >= 15 is 0 Å². The number of hydrogen-bond donors (Lipinski definition) is 1. The Hall–Kier alpha value is -0.800. The summed E-state index contributed by atoms with van der Waals surface area (Å²) < 4.78 is 6.80. The highest BCUT2D eigenvalue weighted by Crippen LogP contribution is 2.33. The smallest absolute Gasteiger partial charge is 0.150 e. The van der Waals surface area contributed by atoms with Gasteiger partial charge >= 0.3 is 0 Å². The van der Waals surface area contributed by atoms with Crippen molar-refractivity contribution in [3.8, 4) is 0 Å². The minimum Gasteiger partial charge on any atom is -0.356 e. The first-order chi connectivity index (χ1) is 7.33. The third-order valence-corrected chi connectivity index (χ3v) is 3.37. The molecule has 0 amide bonds. The Kier molecular flexibility index (Phi) is 2.29. The Labute approximate surface area is 97.5 Å². The molecule has 0 spiro atoms. The molecular weight excluding hydrogens is 254 g/mol. The topological polar surface area (TPSA) is 21.3 Å². The number of fused-ring (bicyclic) bond motifs is 2. The summed E-state index contributed by atoms with van der Waals surface area (Å²) in [6.07, 6.45) is 4.63. The van der Waals surface area contributed by atoms with Crippen LogP contribution in [0.4, 0.5) is 5.69 Å². The molecule has 1 aromatic rings. The van der Waals surface area contributed by atoms with Crippen molar-refractivity contribution in [3.05, 3.63) is 33.8 Å². The van der Waals surface area contributed by atoms with Crippen molar-refractivity contribution in [2.24, 2.45) is 0 Å². The van der Waals surface area contributed by atoms with E-state index in [1.807, 2.05) is 6.07 Å². The maximum atomic E-state index is 5.68. The first-order valence-electron chi connectivity index (χ1n) is 5.21. The van der Waals surface area contributed by atoms with Crippen molar-refractivity contribution >= 4 is 27.7 Å². The van der Waals surface area contributed by atoms with E-state index in [-0.39, 0.29) is 6.23 Å². The van der Waals surface area contributed by atoms with Gasteiger partial charge in [0.1, 0.15) is 6.23 Å². The summed E-state index contributed by atoms with van der Waals surface area (Å²) >= 11 is 3.49. The third kappa shape index (κ3) is 1.70. The molecule has 15 heavy (non-hydrogen) atoms. The molecule has 0 saturated carbocycles. The summed E-state index contributed by atoms with van der Waals surface area (Å²) in [6.45, 7) is 0.862. The summed E-state index contributed by atoms with van der Waals surface area (Å²) in [5.41, 5.74) is 3.78. The Balaban J connectivity index is 2.03. The molecule has 2 heterocycles. The lowest BCUT2D eigenvalue weighted by molar-refractivity contribution is 0.0707. The standard InChI is InChI=1S/C12H12BrNO/c13-10-3-4-11-9(7-10)6-8-2-1-5-15-12(8)14-11/h3-4,6-7,12,14H,1-2,5H2. The molecule has 1 N–H and O–H groups in total. The number of ether oxygens (including phenoxy) is 1. The lowest BCUT2D eigenvalue weighted by Crippen LogP contribution is -2.32. The van der Waals surface area contributed by atoms with E-state index in [2.05, 4.69) is 39.5 Å². The van der Waals surface area contributed by atoms with Crippen LogP contribution in [-0.4, -0.2) is 12.8 Å². The van der Waals surface area contributed by atoms with Gasteiger partial charge in [-0.2, -0.15) is 0 Å². The lowest BCUT2D eigenvalue weighted by Gasteiger charge is -2.31. The summed E-state index contributed by atoms with van der Waals surface area (Å²) in [5, 5.41) is 3.41. The van der Waals surface area contributed by atoms with Gasteiger partial charge in [0.05, 0.1) is 0 Å². The van der Waals surface area contributed by atoms with Gasteiger partial charge in [0.25, 0.3) is 0 Å². The fourth-order valence-corrected chi connectivity index (χ4v) is 2.50. The molecule has 1 unspecified atom stereocenters. The fourth-order valence-electron chi connectivity index (χ4n) is 2.12. The molecule has 0 aromatic heterocycles. The molecule has 3 heteroatoms. The molecule has 3 rings (SSSR count). The second kappa shape index (κ2) is 3.65. The van der Waals surface area contributed by atoms with Crippen LogP contribution in [0.15, 0.2) is 28.2 Å². The van der Waals surface area contributed by atoms with Crippen LogP contribution in [-0.2, 0) is 4.74 Å². The first-order valence-corrected chi connectivity index (χ1v) is 6.00. The Morgan fingerprint density at radius 1 is 1.40 bits per heavy atom. The van der Waals surface area contributed by atoms with E-state index < -0.39 is 0 Å². The molecule has 2 aliphatic heterocycles. The van der Waals surface area contributed by atoms with Crippen LogP contribution >= 0.6 is 15.9 Å². The summed E-state index contributed by atoms with van der Waals surface area (Å²) in [6, 6.07) is 6.28. The van der Waals surface area contributed by atoms with E-state index in [0.717, 1.165) is 29.6 Å². The molecule has 1 atom stereocenters. The quantitative estimate of drug-likeness (QED) is 0.777. The van der Waals surface area contributed by atoms with E-state index in [1.54, 1.807) is 0 Å². The van der Waals surface area contributed by atoms with Gasteiger partial charge in [-0.15, -0.1) is 0 Å². The zero-order chi connectivity index (χ0) is 10.3. The third-order valence-electron chi connectivity index (χ3n) is 2.87. The van der Waals surface area contributed by atoms with E-state index in [9.17, 15) is 0 Å². The Morgan fingerprint density at radius 2 is 2.33 bits per heavy atom. The number of benzene rings is 1. The highest BCUT2D eigenvalue weighted by Gasteiger charge is 2.23. The van der Waals surface area contributed by atoms with Gasteiger partial charge in [0.2, 0.25) is 0 Å². The van der Waals surface area contributed by atoms with Gasteiger partial charge in [-0.3, -0.25) is 0 Å². The number of nitrogens with one attached hydrogen (secondary N) is 1. The van der Waals surface area contributed by atoms with E-state index in [4.69, 9.17) is 4.74 Å². The van der Waals surface area contributed by atoms with Crippen LogP contribution in [0.1, 0.15) is 18.4 Å². The second-order valence-corrected chi connectivity index (χ2v) is 4.87. The Bertz CT molecular complexity index is 428. The fraction of sp³-hybridized carbons (Fsp3) is 0.333. The van der Waals surface area contributed by atoms with Crippen molar-refractivity contribution in [2.45, 2.75) is 19.1 Å². The minimum absolute atomic E-state index is 0.104. The largest absolute Gasteiger partial charge is 0.356 e. The number of rotatable bonds is 0. The molecule has 2 aliphatic rings. The lowest BCUT2D eigenvalue weighted by atomic mass is 9.98. The Morgan fingerprint density at radius 3 is 3.27 bits per heavy atom. The van der Waals surface area contributed by atoms with Gasteiger partial charge < -0.3 is 10.1 Å². The van der Waals surface area contributed by atoms with Crippen LogP contribution in [0, 0.1) is 0 Å². The van der Waals surface area contributed by atoms with Crippen molar-refractivity contribution in [1.82, 2.24) is 0 Å². The van der Waals surface area contributed by atoms with Crippen LogP contribution in [0.5, 0.6) is 0 Å². The molecule has 2 nitrogen and oxygen atoms in total. The number of hydrogen-bond acceptors (Lipinski definition) is 2. The first kappa shape index (κ1) is 9.43. The van der Waals surface area contributed by atoms with Crippen molar-refractivity contribution in [2.75, 3.05) is 11.9 Å². The molecule has 1 saturated heterocycles. The normalized spacial score (nSPS) is 23.5. The number of anilines is 1. The maximum Gasteiger partial charge on any atom is 0.150 e. The van der Waals surface area contributed by atoms with Crippen molar-refractivity contribution in [3.63, 3.8) is 0 Å². The van der Waals surface area contributed by atoms with E-state index in [0.29, 0.717) is 0 Å². The molecule has 0 radical (unpaired) electrons. The average molecular weight is 266 g/mol. The zero-order valence-corrected chi connectivity index (χ0v) is 9.88. The average Bonchev–Trinajstić information content (AvgIpc) is 2.26. The summed E-state index contributed by atoms with van der Waals surface area (Å²) in [5.74, 6) is 0. The van der Waals surface area contributed by atoms with Gasteiger partial charge in [0.15, 0.2) is 0 Å². The monoisotopic (exact) mass is 265 g/mol. The predicted octanol–water partition coefficient (Wildman–Crippen LogP) is 3.39. The van der Waals surface area contributed by atoms with E-state index in [1.165, 1.54) is 11.1 Å². The van der Waals surface area contributed by atoms with Crippen LogP contribution < -0.4 is 5.32 Å². The van der Waals surface area contributed by atoms with Gasteiger partial charge in [0, 0.05) is 16.8 Å². The molecule has 1 aromatic carbocycles. The maximum absolute atomic E-state index is 5.68. The minimum atomic E-state index is 0.104. The molecular formula is C12H12BrNO. The molecule has 0 aliphatic carbocycles. The molecule has 1 fully saturated rings. The van der Waals surface area contributed by atoms with Crippen molar-refractivity contribution in [1.29, 1.82) is 0 Å². The van der Waals surface area contributed by atoms with Crippen molar-refractivity contribution < 1.29 is 4.74 Å². The van der Waals surface area contributed by atoms with Gasteiger partial charge in [-0.1, -0.05) is 15.9 Å². The van der Waals surface area contributed by atoms with Gasteiger partial charge in [-0.25, -0.2) is 0 Å². The molecule has 0 bridgehead atoms. The van der Waals surface area contributed by atoms with Crippen LogP contribution in [0.3, 0.4) is 0 Å². The highest BCUT2D eigenvalue weighted by molar-refractivity contribution is 9.10. The number of halogens is 1. The summed E-state index contributed by atoms with van der Waals surface area (Å²) in [7, 11) is 0. The van der Waals surface area contributed by atoms with Crippen LogP contribution in [0.2, 0.25) is 0 Å². The van der Waals surface area contributed by atoms with Gasteiger partial charge in [-0.05, 0) is 48.3 Å². The van der Waals surface area contributed by atoms with Crippen LogP contribution in [0.25, 0.3) is 6.08 Å². The highest BCUT2D eigenvalue weighted by atomic mass is 79.9.